The highest BCUT2D eigenvalue weighted by atomic mass is 32.2. The highest BCUT2D eigenvalue weighted by Crippen LogP contribution is 2.39. The number of para-hydroxylation sites is 2. The number of thioether (sulfide) groups is 2. The van der Waals surface area contributed by atoms with Crippen molar-refractivity contribution in [3.05, 3.63) is 70.3 Å². The maximum absolute atomic E-state index is 12.2. The van der Waals surface area contributed by atoms with Crippen LogP contribution < -0.4 is 5.56 Å². The van der Waals surface area contributed by atoms with Crippen LogP contribution in [0.3, 0.4) is 0 Å². The van der Waals surface area contributed by atoms with E-state index in [1.54, 1.807) is 29.6 Å². The first-order chi connectivity index (χ1) is 11.7. The molecule has 120 valence electrons. The van der Waals surface area contributed by atoms with Gasteiger partial charge in [0.2, 0.25) is 0 Å². The number of H-pyrrole nitrogens is 1. The molecule has 0 spiro atoms. The van der Waals surface area contributed by atoms with E-state index in [0.29, 0.717) is 11.2 Å². The predicted molar refractivity (Wildman–Crippen MR) is 103 cm³/mol. The van der Waals surface area contributed by atoms with Crippen molar-refractivity contribution in [2.24, 2.45) is 4.99 Å². The van der Waals surface area contributed by atoms with Crippen LogP contribution in [-0.2, 0) is 5.75 Å². The third-order valence-corrected chi connectivity index (χ3v) is 6.15. The number of aromatic amines is 1. The second kappa shape index (κ2) is 6.45. The van der Waals surface area contributed by atoms with Gasteiger partial charge < -0.3 is 4.98 Å². The highest BCUT2D eigenvalue weighted by molar-refractivity contribution is 8.38. The van der Waals surface area contributed by atoms with Gasteiger partial charge in [0.1, 0.15) is 10.2 Å². The fraction of sp³-hybridized carbons (Fsp3) is 0.167. The van der Waals surface area contributed by atoms with Crippen molar-refractivity contribution < 1.29 is 0 Å². The van der Waals surface area contributed by atoms with E-state index in [-0.39, 0.29) is 10.8 Å². The van der Waals surface area contributed by atoms with E-state index in [2.05, 4.69) is 16.0 Å². The first kappa shape index (κ1) is 15.5. The molecule has 2 aromatic carbocycles. The Bertz CT molecular complexity index is 997. The number of aromatic nitrogens is 2. The van der Waals surface area contributed by atoms with Crippen LogP contribution in [0, 0.1) is 0 Å². The van der Waals surface area contributed by atoms with Crippen LogP contribution in [0.15, 0.2) is 58.3 Å². The van der Waals surface area contributed by atoms with Crippen LogP contribution in [0.1, 0.15) is 23.6 Å². The zero-order chi connectivity index (χ0) is 16.5. The van der Waals surface area contributed by atoms with E-state index in [4.69, 9.17) is 4.99 Å². The van der Waals surface area contributed by atoms with Crippen LogP contribution in [-0.4, -0.2) is 14.3 Å². The molecule has 2 heterocycles. The molecule has 1 aliphatic rings. The molecular formula is C18H15N3OS2. The Morgan fingerprint density at radius 3 is 2.88 bits per heavy atom. The van der Waals surface area contributed by atoms with E-state index in [1.807, 2.05) is 43.3 Å². The summed E-state index contributed by atoms with van der Waals surface area (Å²) in [4.78, 5) is 24.5. The fourth-order valence-corrected chi connectivity index (χ4v) is 4.82. The van der Waals surface area contributed by atoms with E-state index >= 15 is 0 Å². The Kier molecular flexibility index (Phi) is 4.16. The standard InChI is InChI=1S/C18H15N3OS2/c1-11(16-19-15-9-5-3-7-13(15)17(22)21-16)24-18-20-14-8-4-2-6-12(14)10-23-18/h2-9,11H,10H2,1H3,(H,19,21,22)/t11-/m0/s1. The second-order valence-corrected chi connectivity index (χ2v) is 8.08. The van der Waals surface area contributed by atoms with Gasteiger partial charge in [-0.1, -0.05) is 53.9 Å². The average Bonchev–Trinajstić information content (AvgIpc) is 2.61. The number of hydrogen-bond donors (Lipinski definition) is 1. The first-order valence-corrected chi connectivity index (χ1v) is 9.52. The number of nitrogens with one attached hydrogen (secondary N) is 1. The quantitative estimate of drug-likeness (QED) is 0.728. The van der Waals surface area contributed by atoms with Crippen LogP contribution in [0.5, 0.6) is 0 Å². The minimum Gasteiger partial charge on any atom is -0.309 e. The Morgan fingerprint density at radius 2 is 1.96 bits per heavy atom. The third-order valence-electron chi connectivity index (χ3n) is 3.85. The number of fused-ring (bicyclic) bond motifs is 2. The summed E-state index contributed by atoms with van der Waals surface area (Å²) in [6, 6.07) is 15.6. The van der Waals surface area contributed by atoms with Gasteiger partial charge in [-0.15, -0.1) is 0 Å². The topological polar surface area (TPSA) is 58.1 Å². The summed E-state index contributed by atoms with van der Waals surface area (Å²) < 4.78 is 1.01. The van der Waals surface area contributed by atoms with Crippen LogP contribution in [0.2, 0.25) is 0 Å². The lowest BCUT2D eigenvalue weighted by atomic mass is 10.2. The van der Waals surface area contributed by atoms with Crippen LogP contribution >= 0.6 is 23.5 Å². The lowest BCUT2D eigenvalue weighted by Gasteiger charge is -2.17. The molecule has 4 nitrogen and oxygen atoms in total. The molecule has 6 heteroatoms. The smallest absolute Gasteiger partial charge is 0.258 e. The van der Waals surface area contributed by atoms with Gasteiger partial charge in [0.15, 0.2) is 0 Å². The summed E-state index contributed by atoms with van der Waals surface area (Å²) in [7, 11) is 0. The molecule has 4 rings (SSSR count). The molecule has 0 aliphatic carbocycles. The van der Waals surface area contributed by atoms with E-state index < -0.39 is 0 Å². The predicted octanol–water partition coefficient (Wildman–Crippen LogP) is 4.65. The molecule has 0 radical (unpaired) electrons. The van der Waals surface area contributed by atoms with Crippen molar-refractivity contribution >= 4 is 44.5 Å². The average molecular weight is 353 g/mol. The monoisotopic (exact) mass is 353 g/mol. The molecule has 3 aromatic rings. The molecule has 0 amide bonds. The molecule has 0 fully saturated rings. The lowest BCUT2D eigenvalue weighted by molar-refractivity contribution is 0.927. The Labute approximate surface area is 147 Å². The number of benzene rings is 2. The van der Waals surface area contributed by atoms with Gasteiger partial charge in [-0.3, -0.25) is 4.79 Å². The Balaban J connectivity index is 1.62. The number of hydrogen-bond acceptors (Lipinski definition) is 5. The van der Waals surface area contributed by atoms with Gasteiger partial charge in [0.25, 0.3) is 5.56 Å². The minimum absolute atomic E-state index is 0.0267. The molecular weight excluding hydrogens is 338 g/mol. The fourth-order valence-electron chi connectivity index (χ4n) is 2.58. The van der Waals surface area contributed by atoms with E-state index in [9.17, 15) is 4.79 Å². The summed E-state index contributed by atoms with van der Waals surface area (Å²) >= 11 is 3.36. The number of rotatable bonds is 2. The molecule has 1 N–H and O–H groups in total. The molecule has 24 heavy (non-hydrogen) atoms. The zero-order valence-corrected chi connectivity index (χ0v) is 14.7. The van der Waals surface area contributed by atoms with Crippen LogP contribution in [0.25, 0.3) is 10.9 Å². The Hall–Kier alpha value is -2.05. The molecule has 0 bridgehead atoms. The van der Waals surface area contributed by atoms with Crippen molar-refractivity contribution in [2.45, 2.75) is 17.9 Å². The van der Waals surface area contributed by atoms with Gasteiger partial charge >= 0.3 is 0 Å². The maximum Gasteiger partial charge on any atom is 0.258 e. The van der Waals surface area contributed by atoms with Gasteiger partial charge in [0.05, 0.1) is 21.8 Å². The van der Waals surface area contributed by atoms with E-state index in [1.165, 1.54) is 5.56 Å². The number of aliphatic imine (C=N–C) groups is 1. The summed E-state index contributed by atoms with van der Waals surface area (Å²) in [6.45, 7) is 2.04. The zero-order valence-electron chi connectivity index (χ0n) is 13.0. The number of nitrogens with zero attached hydrogens (tertiary/aromatic N) is 2. The van der Waals surface area contributed by atoms with Crippen molar-refractivity contribution in [2.75, 3.05) is 0 Å². The van der Waals surface area contributed by atoms with E-state index in [0.717, 1.165) is 21.3 Å². The highest BCUT2D eigenvalue weighted by Gasteiger charge is 2.18. The van der Waals surface area contributed by atoms with Crippen molar-refractivity contribution in [3.8, 4) is 0 Å². The van der Waals surface area contributed by atoms with Crippen LogP contribution in [0.4, 0.5) is 5.69 Å². The first-order valence-electron chi connectivity index (χ1n) is 7.66. The van der Waals surface area contributed by atoms with Crippen molar-refractivity contribution in [1.29, 1.82) is 0 Å². The molecule has 0 unspecified atom stereocenters. The molecule has 1 aromatic heterocycles. The SMILES string of the molecule is C[C@H](SC1=Nc2ccccc2CS1)c1nc2ccccc2c(=O)[nH]1. The summed E-state index contributed by atoms with van der Waals surface area (Å²) in [6.07, 6.45) is 0. The Morgan fingerprint density at radius 1 is 1.17 bits per heavy atom. The van der Waals surface area contributed by atoms with Crippen molar-refractivity contribution in [1.82, 2.24) is 9.97 Å². The maximum atomic E-state index is 12.2. The van der Waals surface area contributed by atoms with Gasteiger partial charge in [-0.2, -0.15) is 0 Å². The third kappa shape index (κ3) is 2.99. The van der Waals surface area contributed by atoms with Crippen molar-refractivity contribution in [3.63, 3.8) is 0 Å². The minimum atomic E-state index is -0.0911. The largest absolute Gasteiger partial charge is 0.309 e. The molecule has 0 saturated carbocycles. The summed E-state index contributed by atoms with van der Waals surface area (Å²) in [5, 5.41) is 0.649. The van der Waals surface area contributed by atoms with Gasteiger partial charge in [-0.05, 0) is 30.7 Å². The van der Waals surface area contributed by atoms with Gasteiger partial charge in [0, 0.05) is 5.75 Å². The molecule has 1 aliphatic heterocycles. The van der Waals surface area contributed by atoms with Gasteiger partial charge in [-0.25, -0.2) is 9.98 Å². The second-order valence-electron chi connectivity index (χ2n) is 5.52. The molecule has 1 atom stereocenters. The lowest BCUT2D eigenvalue weighted by Crippen LogP contribution is -2.13. The summed E-state index contributed by atoms with van der Waals surface area (Å²) in [5.41, 5.74) is 2.93. The molecule has 0 saturated heterocycles. The summed E-state index contributed by atoms with van der Waals surface area (Å²) in [5.74, 6) is 1.61. The normalized spacial score (nSPS) is 15.0.